The van der Waals surface area contributed by atoms with E-state index >= 15 is 0 Å². The van der Waals surface area contributed by atoms with Gasteiger partial charge in [0.2, 0.25) is 0 Å². The third-order valence-electron chi connectivity index (χ3n) is 9.28. The second kappa shape index (κ2) is 10.7. The first kappa shape index (κ1) is 28.2. The summed E-state index contributed by atoms with van der Waals surface area (Å²) in [5, 5.41) is 4.61. The quantitative estimate of drug-likeness (QED) is 0.170. The molecule has 1 aliphatic heterocycles. The summed E-state index contributed by atoms with van der Waals surface area (Å²) in [7, 11) is 0. The van der Waals surface area contributed by atoms with E-state index in [9.17, 15) is 0 Å². The molecular weight excluding hydrogens is 738 g/mol. The summed E-state index contributed by atoms with van der Waals surface area (Å²) in [5.74, 6) is 1.41. The fourth-order valence-corrected chi connectivity index (χ4v) is 7.23. The van der Waals surface area contributed by atoms with Gasteiger partial charge in [-0.25, -0.2) is 4.98 Å². The van der Waals surface area contributed by atoms with E-state index in [1.807, 2.05) is 25.3 Å². The van der Waals surface area contributed by atoms with Crippen LogP contribution in [0.2, 0.25) is 0 Å². The van der Waals surface area contributed by atoms with Crippen LogP contribution in [-0.2, 0) is 25.8 Å². The van der Waals surface area contributed by atoms with Gasteiger partial charge in [-0.2, -0.15) is 6.07 Å². The van der Waals surface area contributed by atoms with E-state index in [2.05, 4.69) is 89.7 Å². The van der Waals surface area contributed by atoms with Gasteiger partial charge in [-0.3, -0.25) is 4.98 Å². The zero-order chi connectivity index (χ0) is 29.5. The van der Waals surface area contributed by atoms with Gasteiger partial charge in [0.25, 0.3) is 0 Å². The van der Waals surface area contributed by atoms with Crippen molar-refractivity contribution in [3.05, 3.63) is 107 Å². The Balaban J connectivity index is 0.00000300. The number of fused-ring (bicyclic) bond motifs is 7. The Bertz CT molecular complexity index is 2330. The third-order valence-corrected chi connectivity index (χ3v) is 9.28. The van der Waals surface area contributed by atoms with Crippen LogP contribution in [0.3, 0.4) is 0 Å². The van der Waals surface area contributed by atoms with Gasteiger partial charge in [0.1, 0.15) is 17.6 Å². The van der Waals surface area contributed by atoms with E-state index < -0.39 is 0 Å². The maximum Gasteiger partial charge on any atom is 2.00 e. The molecule has 224 valence electrons. The Morgan fingerprint density at radius 3 is 2.33 bits per heavy atom. The molecule has 1 saturated carbocycles. The molecule has 0 N–H and O–H groups in total. The number of pyridine rings is 2. The molecule has 1 fully saturated rings. The summed E-state index contributed by atoms with van der Waals surface area (Å²) in [4.78, 5) is 14.8. The van der Waals surface area contributed by atoms with Gasteiger partial charge < -0.3 is 18.9 Å². The van der Waals surface area contributed by atoms with Crippen LogP contribution in [0.25, 0.3) is 55.2 Å². The minimum absolute atomic E-state index is 0. The minimum atomic E-state index is 0. The molecular formula is C38H31N5OPt. The summed E-state index contributed by atoms with van der Waals surface area (Å²) >= 11 is 0. The number of aliphatic imine (C=N–C) groups is 1. The molecule has 2 aliphatic rings. The molecule has 7 aromatic rings. The van der Waals surface area contributed by atoms with Crippen LogP contribution in [0, 0.1) is 32.9 Å². The summed E-state index contributed by atoms with van der Waals surface area (Å²) in [6.07, 6.45) is 6.61. The van der Waals surface area contributed by atoms with Crippen LogP contribution in [-0.4, -0.2) is 37.1 Å². The minimum Gasteiger partial charge on any atom is -0.529 e. The number of hydrogen-bond acceptors (Lipinski definition) is 4. The molecule has 3 aromatic carbocycles. The molecule has 0 saturated heterocycles. The summed E-state index contributed by atoms with van der Waals surface area (Å²) in [6.45, 7) is 6.30. The summed E-state index contributed by atoms with van der Waals surface area (Å²) in [6, 6.07) is 31.4. The van der Waals surface area contributed by atoms with Gasteiger partial charge in [-0.15, -0.1) is 35.2 Å². The molecule has 2 atom stereocenters. The van der Waals surface area contributed by atoms with Crippen LogP contribution >= 0.6 is 0 Å². The van der Waals surface area contributed by atoms with Crippen molar-refractivity contribution in [3.8, 4) is 11.5 Å². The van der Waals surface area contributed by atoms with Crippen molar-refractivity contribution in [2.75, 3.05) is 0 Å². The van der Waals surface area contributed by atoms with E-state index in [1.165, 1.54) is 29.4 Å². The number of hydrogen-bond donors (Lipinski definition) is 0. The molecule has 0 radical (unpaired) electrons. The molecule has 0 unspecified atom stereocenters. The number of nitrogens with zero attached hydrogens (tertiary/aromatic N) is 5. The second-order valence-corrected chi connectivity index (χ2v) is 12.4. The largest absolute Gasteiger partial charge is 2.00 e. The number of aromatic nitrogens is 4. The zero-order valence-electron chi connectivity index (χ0n) is 25.4. The molecule has 45 heavy (non-hydrogen) atoms. The number of ether oxygens (including phenoxy) is 1. The molecule has 0 amide bonds. The number of rotatable bonds is 3. The smallest absolute Gasteiger partial charge is 0.529 e. The van der Waals surface area contributed by atoms with Crippen LogP contribution in [0.5, 0.6) is 0 Å². The van der Waals surface area contributed by atoms with Gasteiger partial charge in [-0.05, 0) is 81.4 Å². The fraction of sp³-hybridized carbons (Fsp3) is 0.237. The van der Waals surface area contributed by atoms with Crippen molar-refractivity contribution in [2.24, 2.45) is 4.99 Å². The van der Waals surface area contributed by atoms with E-state index in [-0.39, 0.29) is 33.2 Å². The predicted molar refractivity (Wildman–Crippen MR) is 176 cm³/mol. The Morgan fingerprint density at radius 1 is 0.778 bits per heavy atom. The van der Waals surface area contributed by atoms with Gasteiger partial charge in [0.15, 0.2) is 0 Å². The summed E-state index contributed by atoms with van der Waals surface area (Å²) < 4.78 is 10.8. The molecule has 6 nitrogen and oxygen atoms in total. The molecule has 1 aliphatic carbocycles. The van der Waals surface area contributed by atoms with Crippen LogP contribution in [0.4, 0.5) is 0 Å². The standard InChI is InChI=1S/C38H31N5O.Pt/c1-22-11-15-33-29(17-22)27-13-12-26(42-32-14-10-23(2)18-30(32)28-7-6-16-39-37(28)42)21-34(27)43(33)36-20-25(19-24(3)40-36)38-41-31-8-4-5-9-35(31)44-38;/h6-7,10-19,31,35H,4-5,8-9H2,1-3H3;/q-2;+2/t31-,35-;/m0./s1. The van der Waals surface area contributed by atoms with Gasteiger partial charge in [0.05, 0.1) is 17.4 Å². The zero-order valence-corrected chi connectivity index (χ0v) is 27.6. The fourth-order valence-electron chi connectivity index (χ4n) is 7.23. The van der Waals surface area contributed by atoms with Crippen molar-refractivity contribution in [1.82, 2.24) is 19.1 Å². The van der Waals surface area contributed by atoms with Crippen LogP contribution in [0.1, 0.15) is 48.1 Å². The first-order valence-electron chi connectivity index (χ1n) is 15.5. The van der Waals surface area contributed by atoms with Gasteiger partial charge in [0, 0.05) is 22.5 Å². The number of aryl methyl sites for hydroxylation is 3. The van der Waals surface area contributed by atoms with Gasteiger partial charge in [-0.1, -0.05) is 47.0 Å². The molecule has 4 aromatic heterocycles. The Labute approximate surface area is 276 Å². The Hall–Kier alpha value is -4.28. The van der Waals surface area contributed by atoms with Crippen molar-refractivity contribution in [1.29, 1.82) is 0 Å². The topological polar surface area (TPSA) is 57.2 Å². The normalized spacial score (nSPS) is 17.9. The van der Waals surface area contributed by atoms with E-state index in [0.29, 0.717) is 5.90 Å². The van der Waals surface area contributed by atoms with Crippen molar-refractivity contribution >= 4 is 49.6 Å². The first-order valence-corrected chi connectivity index (χ1v) is 15.5. The molecule has 5 heterocycles. The molecule has 0 spiro atoms. The first-order chi connectivity index (χ1) is 21.5. The maximum atomic E-state index is 6.39. The molecule has 7 heteroatoms. The molecule has 9 rings (SSSR count). The van der Waals surface area contributed by atoms with E-state index in [0.717, 1.165) is 74.0 Å². The van der Waals surface area contributed by atoms with Crippen molar-refractivity contribution in [3.63, 3.8) is 0 Å². The molecule has 0 bridgehead atoms. The third kappa shape index (κ3) is 4.45. The second-order valence-electron chi connectivity index (χ2n) is 12.4. The maximum absolute atomic E-state index is 6.39. The SMILES string of the molecule is Cc1ccc2c(c1)c1ccc(-n3c4ccc(C)cc4c4cccnc43)[c-]c1n2-c1[c-]c(C2=N[C@H]3CCCC[C@@H]3O2)cc(C)n1.[Pt+2]. The van der Waals surface area contributed by atoms with E-state index in [4.69, 9.17) is 19.7 Å². The van der Waals surface area contributed by atoms with Gasteiger partial charge >= 0.3 is 21.1 Å². The predicted octanol–water partition coefficient (Wildman–Crippen LogP) is 8.28. The van der Waals surface area contributed by atoms with Crippen LogP contribution < -0.4 is 0 Å². The van der Waals surface area contributed by atoms with Crippen molar-refractivity contribution < 1.29 is 25.8 Å². The van der Waals surface area contributed by atoms with E-state index in [1.54, 1.807) is 0 Å². The number of benzene rings is 3. The monoisotopic (exact) mass is 768 g/mol. The van der Waals surface area contributed by atoms with Crippen LogP contribution in [0.15, 0.2) is 77.9 Å². The average Bonchev–Trinajstić information content (AvgIpc) is 3.70. The Morgan fingerprint density at radius 2 is 1.53 bits per heavy atom. The van der Waals surface area contributed by atoms with Crippen molar-refractivity contribution in [2.45, 2.75) is 58.6 Å². The summed E-state index contributed by atoms with van der Waals surface area (Å²) in [5.41, 5.74) is 9.17. The average molecular weight is 769 g/mol. The Kier molecular flexibility index (Phi) is 6.69.